The molecule has 0 aliphatic rings. The molecule has 0 spiro atoms. The van der Waals surface area contributed by atoms with Gasteiger partial charge in [-0.1, -0.05) is 49.4 Å². The number of rotatable bonds is 8. The molecule has 2 aromatic carbocycles. The fourth-order valence-electron chi connectivity index (χ4n) is 2.78. The van der Waals surface area contributed by atoms with E-state index >= 15 is 0 Å². The molecule has 0 aliphatic heterocycles. The van der Waals surface area contributed by atoms with Crippen LogP contribution in [0.1, 0.15) is 39.8 Å². The van der Waals surface area contributed by atoms with E-state index in [9.17, 15) is 9.18 Å². The summed E-state index contributed by atoms with van der Waals surface area (Å²) in [7, 11) is 0. The number of nitrogens with one attached hydrogen (secondary N) is 1. The molecule has 146 valence electrons. The van der Waals surface area contributed by atoms with Crippen LogP contribution in [0.4, 0.5) is 10.1 Å². The van der Waals surface area contributed by atoms with Crippen LogP contribution in [0.15, 0.2) is 48.5 Å². The smallest absolute Gasteiger partial charge is 0.286 e. The maximum atomic E-state index is 13.4. The average molecular weight is 399 g/mol. The fraction of sp³-hybridized carbons (Fsp3) is 0.286. The molecular weight excluding hydrogens is 375 g/mol. The van der Waals surface area contributed by atoms with Crippen molar-refractivity contribution in [1.29, 1.82) is 0 Å². The van der Waals surface area contributed by atoms with Crippen LogP contribution in [0.5, 0.6) is 0 Å². The average Bonchev–Trinajstić information content (AvgIpc) is 3.17. The largest absolute Gasteiger partial charge is 0.320 e. The number of carbonyl (C=O) groups excluding carboxylic acids is 1. The first-order chi connectivity index (χ1) is 13.6. The van der Waals surface area contributed by atoms with Gasteiger partial charge in [-0.05, 0) is 48.4 Å². The zero-order valence-electron chi connectivity index (χ0n) is 16.0. The van der Waals surface area contributed by atoms with Gasteiger partial charge in [-0.25, -0.2) is 4.39 Å². The topological polar surface area (TPSA) is 58.1 Å². The van der Waals surface area contributed by atoms with E-state index in [2.05, 4.69) is 27.3 Å². The van der Waals surface area contributed by atoms with E-state index in [4.69, 9.17) is 0 Å². The molecular formula is C21H23FN4OS. The summed E-state index contributed by atoms with van der Waals surface area (Å²) in [4.78, 5) is 14.5. The second-order valence-electron chi connectivity index (χ2n) is 6.44. The quantitative estimate of drug-likeness (QED) is 0.606. The highest BCUT2D eigenvalue weighted by Crippen LogP contribution is 2.17. The molecule has 0 radical (unpaired) electrons. The van der Waals surface area contributed by atoms with Gasteiger partial charge < -0.3 is 5.32 Å². The zero-order chi connectivity index (χ0) is 19.9. The van der Waals surface area contributed by atoms with Gasteiger partial charge in [0.1, 0.15) is 10.8 Å². The van der Waals surface area contributed by atoms with E-state index in [0.29, 0.717) is 18.1 Å². The summed E-state index contributed by atoms with van der Waals surface area (Å²) < 4.78 is 13.4. The molecule has 28 heavy (non-hydrogen) atoms. The van der Waals surface area contributed by atoms with Crippen LogP contribution in [0, 0.1) is 5.82 Å². The van der Waals surface area contributed by atoms with E-state index < -0.39 is 0 Å². The van der Waals surface area contributed by atoms with Crippen molar-refractivity contribution in [3.05, 3.63) is 75.5 Å². The maximum Gasteiger partial charge on any atom is 0.286 e. The molecule has 1 N–H and O–H groups in total. The number of halogens is 1. The monoisotopic (exact) mass is 398 g/mol. The SMILES string of the molecule is CCc1ccc(NC(=O)c2nnc(CN(CC)Cc3cccc(F)c3)s2)cc1. The number of benzene rings is 2. The second-order valence-corrected chi connectivity index (χ2v) is 7.50. The molecule has 1 amide bonds. The van der Waals surface area contributed by atoms with Crippen LogP contribution in [-0.2, 0) is 19.5 Å². The van der Waals surface area contributed by atoms with Crippen LogP contribution in [0.25, 0.3) is 0 Å². The first-order valence-corrected chi connectivity index (χ1v) is 10.1. The minimum absolute atomic E-state index is 0.240. The van der Waals surface area contributed by atoms with Crippen molar-refractivity contribution in [3.63, 3.8) is 0 Å². The van der Waals surface area contributed by atoms with Gasteiger partial charge in [0.25, 0.3) is 5.91 Å². The summed E-state index contributed by atoms with van der Waals surface area (Å²) in [6, 6.07) is 14.3. The minimum Gasteiger partial charge on any atom is -0.320 e. The van der Waals surface area contributed by atoms with E-state index in [1.807, 2.05) is 37.3 Å². The molecule has 0 saturated carbocycles. The molecule has 5 nitrogen and oxygen atoms in total. The van der Waals surface area contributed by atoms with Crippen molar-refractivity contribution in [1.82, 2.24) is 15.1 Å². The van der Waals surface area contributed by atoms with Gasteiger partial charge in [0, 0.05) is 12.2 Å². The minimum atomic E-state index is -0.263. The molecule has 0 unspecified atom stereocenters. The van der Waals surface area contributed by atoms with Crippen molar-refractivity contribution in [3.8, 4) is 0 Å². The predicted octanol–water partition coefficient (Wildman–Crippen LogP) is 4.51. The Bertz CT molecular complexity index is 926. The van der Waals surface area contributed by atoms with E-state index in [1.165, 1.54) is 29.0 Å². The van der Waals surface area contributed by atoms with Gasteiger partial charge in [0.2, 0.25) is 5.01 Å². The normalized spacial score (nSPS) is 11.0. The Morgan fingerprint density at radius 1 is 1.07 bits per heavy atom. The second kappa shape index (κ2) is 9.52. The highest BCUT2D eigenvalue weighted by molar-refractivity contribution is 7.13. The number of amides is 1. The predicted molar refractivity (Wildman–Crippen MR) is 110 cm³/mol. The van der Waals surface area contributed by atoms with Gasteiger partial charge in [0.05, 0.1) is 6.54 Å². The van der Waals surface area contributed by atoms with E-state index in [0.717, 1.165) is 29.2 Å². The van der Waals surface area contributed by atoms with Gasteiger partial charge in [-0.3, -0.25) is 9.69 Å². The standard InChI is InChI=1S/C21H23FN4OS/c1-3-15-8-10-18(11-9-15)23-20(27)21-25-24-19(28-21)14-26(4-2)13-16-6-5-7-17(22)12-16/h5-12H,3-4,13-14H2,1-2H3,(H,23,27). The Labute approximate surface area is 168 Å². The lowest BCUT2D eigenvalue weighted by atomic mass is 10.1. The Morgan fingerprint density at radius 3 is 2.54 bits per heavy atom. The number of anilines is 1. The molecule has 7 heteroatoms. The molecule has 1 heterocycles. The van der Waals surface area contributed by atoms with Crippen LogP contribution in [0.3, 0.4) is 0 Å². The first kappa shape index (κ1) is 20.1. The van der Waals surface area contributed by atoms with Crippen molar-refractivity contribution in [2.24, 2.45) is 0 Å². The number of aryl methyl sites for hydroxylation is 1. The Kier molecular flexibility index (Phi) is 6.84. The molecule has 3 aromatic rings. The molecule has 1 aromatic heterocycles. The molecule has 0 bridgehead atoms. The third-order valence-electron chi connectivity index (χ3n) is 4.38. The summed E-state index contributed by atoms with van der Waals surface area (Å²) >= 11 is 1.28. The third-order valence-corrected chi connectivity index (χ3v) is 5.29. The lowest BCUT2D eigenvalue weighted by molar-refractivity contribution is 0.102. The van der Waals surface area contributed by atoms with Crippen LogP contribution >= 0.6 is 11.3 Å². The molecule has 3 rings (SSSR count). The lowest BCUT2D eigenvalue weighted by Crippen LogP contribution is -2.22. The molecule has 0 saturated heterocycles. The molecule has 0 fully saturated rings. The summed E-state index contributed by atoms with van der Waals surface area (Å²) in [5.74, 6) is -0.503. The maximum absolute atomic E-state index is 13.4. The zero-order valence-corrected chi connectivity index (χ0v) is 16.8. The van der Waals surface area contributed by atoms with Crippen LogP contribution in [-0.4, -0.2) is 27.5 Å². The molecule has 0 aliphatic carbocycles. The van der Waals surface area contributed by atoms with Crippen molar-refractivity contribution >= 4 is 22.9 Å². The van der Waals surface area contributed by atoms with E-state index in [1.54, 1.807) is 6.07 Å². The van der Waals surface area contributed by atoms with Crippen molar-refractivity contribution in [2.75, 3.05) is 11.9 Å². The van der Waals surface area contributed by atoms with E-state index in [-0.39, 0.29) is 11.7 Å². The Balaban J connectivity index is 1.60. The number of hydrogen-bond donors (Lipinski definition) is 1. The summed E-state index contributed by atoms with van der Waals surface area (Å²) in [5, 5.41) is 12.1. The number of carbonyl (C=O) groups is 1. The highest BCUT2D eigenvalue weighted by atomic mass is 32.1. The van der Waals surface area contributed by atoms with Crippen LogP contribution < -0.4 is 5.32 Å². The summed E-state index contributed by atoms with van der Waals surface area (Å²) in [5.41, 5.74) is 2.86. The number of nitrogens with zero attached hydrogens (tertiary/aromatic N) is 3. The summed E-state index contributed by atoms with van der Waals surface area (Å²) in [6.45, 7) is 6.07. The van der Waals surface area contributed by atoms with Gasteiger partial charge >= 0.3 is 0 Å². The van der Waals surface area contributed by atoms with Gasteiger partial charge in [0.15, 0.2) is 0 Å². The summed E-state index contributed by atoms with van der Waals surface area (Å²) in [6.07, 6.45) is 0.956. The van der Waals surface area contributed by atoms with Gasteiger partial charge in [-0.15, -0.1) is 10.2 Å². The van der Waals surface area contributed by atoms with Crippen molar-refractivity contribution < 1.29 is 9.18 Å². The Hall–Kier alpha value is -2.64. The van der Waals surface area contributed by atoms with Crippen LogP contribution in [0.2, 0.25) is 0 Å². The Morgan fingerprint density at radius 2 is 1.86 bits per heavy atom. The van der Waals surface area contributed by atoms with Crippen molar-refractivity contribution in [2.45, 2.75) is 33.4 Å². The number of hydrogen-bond acceptors (Lipinski definition) is 5. The number of aromatic nitrogens is 2. The first-order valence-electron chi connectivity index (χ1n) is 9.26. The lowest BCUT2D eigenvalue weighted by Gasteiger charge is -2.18. The van der Waals surface area contributed by atoms with Gasteiger partial charge in [-0.2, -0.15) is 0 Å². The molecule has 0 atom stereocenters. The fourth-order valence-corrected chi connectivity index (χ4v) is 3.56. The highest BCUT2D eigenvalue weighted by Gasteiger charge is 2.15. The third kappa shape index (κ3) is 5.43.